The van der Waals surface area contributed by atoms with Gasteiger partial charge in [0.1, 0.15) is 6.04 Å². The van der Waals surface area contributed by atoms with Gasteiger partial charge in [-0.15, -0.1) is 0 Å². The minimum Gasteiger partial charge on any atom is -0.493 e. The van der Waals surface area contributed by atoms with Gasteiger partial charge in [-0.3, -0.25) is 4.79 Å². The Morgan fingerprint density at radius 2 is 1.79 bits per heavy atom. The SMILES string of the molecule is CCOC(=O)C1=C(C)NC(SCC(=O)O)=N[C@@H]1c1cc(OC)c(OC)c(OC)c1. The number of carboxylic acid groups (broad SMARTS) is 1. The van der Waals surface area contributed by atoms with Crippen molar-refractivity contribution in [3.63, 3.8) is 0 Å². The van der Waals surface area contributed by atoms with Gasteiger partial charge >= 0.3 is 11.9 Å². The molecule has 158 valence electrons. The summed E-state index contributed by atoms with van der Waals surface area (Å²) < 4.78 is 21.4. The molecule has 2 N–H and O–H groups in total. The number of thioether (sulfide) groups is 1. The minimum atomic E-state index is -0.971. The number of allylic oxidation sites excluding steroid dienone is 1. The van der Waals surface area contributed by atoms with E-state index in [0.29, 0.717) is 39.2 Å². The lowest BCUT2D eigenvalue weighted by atomic mass is 9.96. The van der Waals surface area contributed by atoms with Crippen molar-refractivity contribution in [1.82, 2.24) is 5.32 Å². The Balaban J connectivity index is 2.59. The van der Waals surface area contributed by atoms with Gasteiger partial charge in [0, 0.05) is 5.70 Å². The molecule has 0 amide bonds. The molecule has 10 heteroatoms. The molecule has 1 aliphatic rings. The quantitative estimate of drug-likeness (QED) is 0.607. The molecule has 0 spiro atoms. The van der Waals surface area contributed by atoms with Crippen molar-refractivity contribution >= 4 is 28.9 Å². The molecule has 0 saturated heterocycles. The number of hydrogen-bond donors (Lipinski definition) is 2. The maximum atomic E-state index is 12.6. The molecular weight excluding hydrogens is 400 g/mol. The molecule has 1 aromatic carbocycles. The molecule has 1 heterocycles. The second-order valence-electron chi connectivity index (χ2n) is 5.86. The van der Waals surface area contributed by atoms with Gasteiger partial charge in [0.05, 0.1) is 39.3 Å². The summed E-state index contributed by atoms with van der Waals surface area (Å²) in [6.07, 6.45) is 0. The van der Waals surface area contributed by atoms with E-state index in [1.54, 1.807) is 26.0 Å². The van der Waals surface area contributed by atoms with Crippen LogP contribution < -0.4 is 19.5 Å². The number of methoxy groups -OCH3 is 3. The lowest BCUT2D eigenvalue weighted by molar-refractivity contribution is -0.139. The predicted molar refractivity (Wildman–Crippen MR) is 109 cm³/mol. The van der Waals surface area contributed by atoms with Crippen LogP contribution >= 0.6 is 11.8 Å². The standard InChI is InChI=1S/C19H24N2O7S/c1-6-28-18(24)15-10(2)20-19(29-9-14(22)23)21-16(15)11-7-12(25-3)17(27-5)13(8-11)26-4/h7-8,16H,6,9H2,1-5H3,(H,20,21)(H,22,23)/t16-/m1/s1. The van der Waals surface area contributed by atoms with Gasteiger partial charge in [0.25, 0.3) is 0 Å². The molecule has 0 unspecified atom stereocenters. The number of ether oxygens (including phenoxy) is 4. The van der Waals surface area contributed by atoms with E-state index >= 15 is 0 Å². The number of esters is 1. The van der Waals surface area contributed by atoms with E-state index in [9.17, 15) is 9.59 Å². The Labute approximate surface area is 173 Å². The zero-order chi connectivity index (χ0) is 21.6. The number of nitrogens with one attached hydrogen (secondary N) is 1. The molecule has 0 radical (unpaired) electrons. The number of amidine groups is 1. The van der Waals surface area contributed by atoms with E-state index in [-0.39, 0.29) is 12.4 Å². The van der Waals surface area contributed by atoms with Crippen molar-refractivity contribution in [1.29, 1.82) is 0 Å². The van der Waals surface area contributed by atoms with Gasteiger partial charge in [-0.25, -0.2) is 9.79 Å². The molecule has 2 rings (SSSR count). The number of hydrogen-bond acceptors (Lipinski definition) is 9. The van der Waals surface area contributed by atoms with Crippen LogP contribution in [-0.4, -0.2) is 55.9 Å². The van der Waals surface area contributed by atoms with E-state index in [2.05, 4.69) is 10.3 Å². The molecular formula is C19H24N2O7S. The van der Waals surface area contributed by atoms with Crippen molar-refractivity contribution in [2.24, 2.45) is 4.99 Å². The molecule has 29 heavy (non-hydrogen) atoms. The highest BCUT2D eigenvalue weighted by Crippen LogP contribution is 2.43. The number of carboxylic acids is 1. The summed E-state index contributed by atoms with van der Waals surface area (Å²) in [4.78, 5) is 28.1. The molecule has 1 aromatic rings. The predicted octanol–water partition coefficient (Wildman–Crippen LogP) is 2.37. The van der Waals surface area contributed by atoms with Crippen LogP contribution in [0.4, 0.5) is 0 Å². The fourth-order valence-corrected chi connectivity index (χ4v) is 3.49. The van der Waals surface area contributed by atoms with Crippen molar-refractivity contribution < 1.29 is 33.6 Å². The first-order valence-corrected chi connectivity index (χ1v) is 9.71. The van der Waals surface area contributed by atoms with E-state index in [1.165, 1.54) is 21.3 Å². The van der Waals surface area contributed by atoms with Crippen molar-refractivity contribution in [2.75, 3.05) is 33.7 Å². The lowest BCUT2D eigenvalue weighted by Crippen LogP contribution is -2.31. The van der Waals surface area contributed by atoms with E-state index < -0.39 is 18.0 Å². The fraction of sp³-hybridized carbons (Fsp3) is 0.421. The van der Waals surface area contributed by atoms with Gasteiger partial charge in [-0.2, -0.15) is 0 Å². The van der Waals surface area contributed by atoms with Crippen LogP contribution in [0.5, 0.6) is 17.2 Å². The second kappa shape index (κ2) is 10.1. The summed E-state index contributed by atoms with van der Waals surface area (Å²) in [5.41, 5.74) is 1.46. The number of nitrogens with zero attached hydrogens (tertiary/aromatic N) is 1. The molecule has 0 saturated carbocycles. The Morgan fingerprint density at radius 1 is 1.17 bits per heavy atom. The molecule has 1 atom stereocenters. The first-order valence-electron chi connectivity index (χ1n) is 8.73. The summed E-state index contributed by atoms with van der Waals surface area (Å²) in [6, 6.07) is 2.67. The zero-order valence-electron chi connectivity index (χ0n) is 16.9. The van der Waals surface area contributed by atoms with Crippen LogP contribution in [0.1, 0.15) is 25.5 Å². The van der Waals surface area contributed by atoms with Crippen LogP contribution in [0.25, 0.3) is 0 Å². The van der Waals surface area contributed by atoms with Crippen LogP contribution in [0.2, 0.25) is 0 Å². The topological polar surface area (TPSA) is 116 Å². The van der Waals surface area contributed by atoms with E-state index in [0.717, 1.165) is 11.8 Å². The third-order valence-electron chi connectivity index (χ3n) is 4.05. The maximum Gasteiger partial charge on any atom is 0.338 e. The average Bonchev–Trinajstić information content (AvgIpc) is 2.70. The van der Waals surface area contributed by atoms with Gasteiger partial charge in [-0.05, 0) is 31.5 Å². The summed E-state index contributed by atoms with van der Waals surface area (Å²) in [5.74, 6) is -0.414. The van der Waals surface area contributed by atoms with E-state index in [1.807, 2.05) is 0 Å². The number of carbonyl (C=O) groups is 2. The molecule has 9 nitrogen and oxygen atoms in total. The van der Waals surface area contributed by atoms with Gasteiger partial charge in [0.2, 0.25) is 5.75 Å². The Morgan fingerprint density at radius 3 is 2.28 bits per heavy atom. The zero-order valence-corrected chi connectivity index (χ0v) is 17.7. The van der Waals surface area contributed by atoms with Crippen LogP contribution in [0, 0.1) is 0 Å². The first kappa shape index (κ1) is 22.4. The van der Waals surface area contributed by atoms with Crippen molar-refractivity contribution in [2.45, 2.75) is 19.9 Å². The second-order valence-corrected chi connectivity index (χ2v) is 6.83. The van der Waals surface area contributed by atoms with Crippen molar-refractivity contribution in [3.05, 3.63) is 29.0 Å². The van der Waals surface area contributed by atoms with Crippen LogP contribution in [-0.2, 0) is 14.3 Å². The third-order valence-corrected chi connectivity index (χ3v) is 4.92. The van der Waals surface area contributed by atoms with Gasteiger partial charge in [0.15, 0.2) is 16.7 Å². The van der Waals surface area contributed by atoms with Gasteiger partial charge < -0.3 is 29.4 Å². The summed E-state index contributed by atoms with van der Waals surface area (Å²) in [5, 5.41) is 12.3. The van der Waals surface area contributed by atoms with Gasteiger partial charge in [-0.1, -0.05) is 11.8 Å². The number of aliphatic imine (C=N–C) groups is 1. The molecule has 0 fully saturated rings. The number of carbonyl (C=O) groups excluding carboxylic acids is 1. The fourth-order valence-electron chi connectivity index (χ4n) is 2.82. The van der Waals surface area contributed by atoms with E-state index in [4.69, 9.17) is 24.1 Å². The summed E-state index contributed by atoms with van der Waals surface area (Å²) in [6.45, 7) is 3.64. The molecule has 0 aliphatic carbocycles. The molecule has 0 aromatic heterocycles. The Hall–Kier alpha value is -2.88. The normalized spacial score (nSPS) is 15.9. The minimum absolute atomic E-state index is 0.171. The smallest absolute Gasteiger partial charge is 0.338 e. The van der Waals surface area contributed by atoms with Crippen LogP contribution in [0.3, 0.4) is 0 Å². The highest BCUT2D eigenvalue weighted by molar-refractivity contribution is 8.14. The van der Waals surface area contributed by atoms with Crippen molar-refractivity contribution in [3.8, 4) is 17.2 Å². The number of rotatable bonds is 8. The highest BCUT2D eigenvalue weighted by Gasteiger charge is 2.32. The average molecular weight is 424 g/mol. The summed E-state index contributed by atoms with van der Waals surface area (Å²) in [7, 11) is 4.49. The lowest BCUT2D eigenvalue weighted by Gasteiger charge is -2.26. The Kier molecular flexibility index (Phi) is 7.77. The number of aliphatic carboxylic acids is 1. The largest absolute Gasteiger partial charge is 0.493 e. The monoisotopic (exact) mass is 424 g/mol. The molecule has 1 aliphatic heterocycles. The third kappa shape index (κ3) is 5.14. The first-order chi connectivity index (χ1) is 13.9. The number of benzene rings is 1. The highest BCUT2D eigenvalue weighted by atomic mass is 32.2. The molecule has 0 bridgehead atoms. The maximum absolute atomic E-state index is 12.6. The Bertz CT molecular complexity index is 826. The van der Waals surface area contributed by atoms with Crippen LogP contribution in [0.15, 0.2) is 28.4 Å². The summed E-state index contributed by atoms with van der Waals surface area (Å²) >= 11 is 1.03.